The van der Waals surface area contributed by atoms with Gasteiger partial charge in [-0.1, -0.05) is 32.4 Å². The third-order valence-corrected chi connectivity index (χ3v) is 4.95. The Balaban J connectivity index is 1.90. The molecular weight excluding hydrogens is 354 g/mol. The Bertz CT molecular complexity index is 700. The van der Waals surface area contributed by atoms with Gasteiger partial charge in [0.25, 0.3) is 0 Å². The van der Waals surface area contributed by atoms with Crippen molar-refractivity contribution in [1.82, 2.24) is 5.43 Å². The van der Waals surface area contributed by atoms with Gasteiger partial charge in [0, 0.05) is 10.7 Å². The van der Waals surface area contributed by atoms with E-state index in [1.807, 2.05) is 0 Å². The molecule has 1 aromatic rings. The summed E-state index contributed by atoms with van der Waals surface area (Å²) in [7, 11) is 1.47. The topological polar surface area (TPSA) is 79.8 Å². The molecule has 0 radical (unpaired) electrons. The molecule has 0 atom stereocenters. The number of carbonyl (C=O) groups is 2. The summed E-state index contributed by atoms with van der Waals surface area (Å²) in [5.74, 6) is -0.575. The molecule has 7 heteroatoms. The first kappa shape index (κ1) is 20.2. The lowest BCUT2D eigenvalue weighted by molar-refractivity contribution is -0.136. The number of benzene rings is 1. The first-order valence-electron chi connectivity index (χ1n) is 8.71. The molecule has 2 rings (SSSR count). The minimum atomic E-state index is -0.822. The highest BCUT2D eigenvalue weighted by Gasteiger charge is 2.28. The van der Waals surface area contributed by atoms with Crippen molar-refractivity contribution in [1.29, 1.82) is 0 Å². The van der Waals surface area contributed by atoms with Crippen LogP contribution in [-0.4, -0.2) is 24.6 Å². The summed E-state index contributed by atoms with van der Waals surface area (Å²) in [6.07, 6.45) is 3.77. The van der Waals surface area contributed by atoms with Crippen LogP contribution in [0.2, 0.25) is 5.02 Å². The molecule has 1 aromatic carbocycles. The summed E-state index contributed by atoms with van der Waals surface area (Å²) in [5, 5.41) is 7.04. The molecule has 1 fully saturated rings. The number of rotatable bonds is 3. The van der Waals surface area contributed by atoms with E-state index in [1.54, 1.807) is 12.1 Å². The van der Waals surface area contributed by atoms with E-state index in [1.165, 1.54) is 13.2 Å². The fourth-order valence-corrected chi connectivity index (χ4v) is 3.24. The predicted octanol–water partition coefficient (Wildman–Crippen LogP) is 4.00. The summed E-state index contributed by atoms with van der Waals surface area (Å²) < 4.78 is 5.14. The van der Waals surface area contributed by atoms with E-state index in [-0.39, 0.29) is 5.41 Å². The summed E-state index contributed by atoms with van der Waals surface area (Å²) in [6, 6.07) is 4.77. The summed E-state index contributed by atoms with van der Waals surface area (Å²) in [6.45, 7) is 6.74. The molecule has 2 amide bonds. The van der Waals surface area contributed by atoms with Gasteiger partial charge in [0.05, 0.1) is 12.8 Å². The fraction of sp³-hybridized carbons (Fsp3) is 0.526. The highest BCUT2D eigenvalue weighted by Crippen LogP contribution is 2.36. The maximum atomic E-state index is 12.1. The number of hydrogen-bond acceptors (Lipinski definition) is 4. The molecule has 0 bridgehead atoms. The number of ether oxygens (including phenoxy) is 1. The minimum Gasteiger partial charge on any atom is -0.495 e. The SMILES string of the molecule is COc1ccc(Cl)cc1NC(=O)C(=O)NN=C1CCC(C(C)(C)C)CC1. The molecule has 0 saturated heterocycles. The van der Waals surface area contributed by atoms with Crippen LogP contribution < -0.4 is 15.5 Å². The lowest BCUT2D eigenvalue weighted by atomic mass is 9.72. The Morgan fingerprint density at radius 2 is 1.85 bits per heavy atom. The van der Waals surface area contributed by atoms with Crippen molar-refractivity contribution in [2.75, 3.05) is 12.4 Å². The van der Waals surface area contributed by atoms with E-state index >= 15 is 0 Å². The Kier molecular flexibility index (Phi) is 6.64. The molecule has 1 aliphatic rings. The molecule has 1 aliphatic carbocycles. The minimum absolute atomic E-state index is 0.282. The molecular formula is C19H26ClN3O3. The van der Waals surface area contributed by atoms with E-state index in [4.69, 9.17) is 16.3 Å². The van der Waals surface area contributed by atoms with Gasteiger partial charge in [-0.25, -0.2) is 5.43 Å². The lowest BCUT2D eigenvalue weighted by Crippen LogP contribution is -2.34. The number of hydrazone groups is 1. The number of anilines is 1. The largest absolute Gasteiger partial charge is 0.495 e. The second-order valence-electron chi connectivity index (χ2n) is 7.56. The molecule has 0 unspecified atom stereocenters. The van der Waals surface area contributed by atoms with E-state index in [9.17, 15) is 9.59 Å². The number of methoxy groups -OCH3 is 1. The Morgan fingerprint density at radius 1 is 1.19 bits per heavy atom. The van der Waals surface area contributed by atoms with Gasteiger partial charge < -0.3 is 10.1 Å². The average Bonchev–Trinajstić information content (AvgIpc) is 2.59. The van der Waals surface area contributed by atoms with E-state index in [0.29, 0.717) is 22.4 Å². The van der Waals surface area contributed by atoms with Crippen LogP contribution >= 0.6 is 11.6 Å². The van der Waals surface area contributed by atoms with Crippen molar-refractivity contribution >= 4 is 34.8 Å². The van der Waals surface area contributed by atoms with E-state index in [2.05, 4.69) is 36.6 Å². The normalized spacial score (nSPS) is 17.4. The van der Waals surface area contributed by atoms with Gasteiger partial charge in [0.2, 0.25) is 0 Å². The van der Waals surface area contributed by atoms with Crippen LogP contribution in [0.1, 0.15) is 46.5 Å². The molecule has 142 valence electrons. The summed E-state index contributed by atoms with van der Waals surface area (Å²) in [5.41, 5.74) is 3.88. The fourth-order valence-electron chi connectivity index (χ4n) is 3.07. The van der Waals surface area contributed by atoms with Crippen LogP contribution in [0.5, 0.6) is 5.75 Å². The van der Waals surface area contributed by atoms with Gasteiger partial charge >= 0.3 is 11.8 Å². The maximum Gasteiger partial charge on any atom is 0.329 e. The van der Waals surface area contributed by atoms with Gasteiger partial charge in [0.1, 0.15) is 5.75 Å². The van der Waals surface area contributed by atoms with Crippen LogP contribution in [0.3, 0.4) is 0 Å². The van der Waals surface area contributed by atoms with Crippen molar-refractivity contribution in [3.05, 3.63) is 23.2 Å². The number of hydrogen-bond donors (Lipinski definition) is 2. The zero-order valence-corrected chi connectivity index (χ0v) is 16.4. The first-order chi connectivity index (χ1) is 12.2. The van der Waals surface area contributed by atoms with Crippen molar-refractivity contribution in [2.45, 2.75) is 46.5 Å². The zero-order chi connectivity index (χ0) is 19.3. The van der Waals surface area contributed by atoms with Gasteiger partial charge in [-0.05, 0) is 55.2 Å². The molecule has 1 saturated carbocycles. The molecule has 2 N–H and O–H groups in total. The maximum absolute atomic E-state index is 12.1. The van der Waals surface area contributed by atoms with Crippen LogP contribution in [0.15, 0.2) is 23.3 Å². The number of halogens is 1. The van der Waals surface area contributed by atoms with E-state index < -0.39 is 11.8 Å². The summed E-state index contributed by atoms with van der Waals surface area (Å²) >= 11 is 5.91. The Morgan fingerprint density at radius 3 is 2.42 bits per heavy atom. The van der Waals surface area contributed by atoms with Crippen molar-refractivity contribution in [3.8, 4) is 5.75 Å². The molecule has 6 nitrogen and oxygen atoms in total. The molecule has 0 spiro atoms. The van der Waals surface area contributed by atoms with E-state index in [0.717, 1.165) is 31.4 Å². The molecule has 0 aromatic heterocycles. The smallest absolute Gasteiger partial charge is 0.329 e. The zero-order valence-electron chi connectivity index (χ0n) is 15.7. The van der Waals surface area contributed by atoms with Gasteiger partial charge in [-0.3, -0.25) is 9.59 Å². The molecule has 0 aliphatic heterocycles. The second kappa shape index (κ2) is 8.54. The van der Waals surface area contributed by atoms with Crippen LogP contribution in [-0.2, 0) is 9.59 Å². The number of carbonyl (C=O) groups excluding carboxylic acids is 2. The van der Waals surface area contributed by atoms with Crippen molar-refractivity contribution < 1.29 is 14.3 Å². The quantitative estimate of drug-likeness (QED) is 0.615. The van der Waals surface area contributed by atoms with Crippen molar-refractivity contribution in [2.24, 2.45) is 16.4 Å². The van der Waals surface area contributed by atoms with Crippen molar-refractivity contribution in [3.63, 3.8) is 0 Å². The number of amides is 2. The van der Waals surface area contributed by atoms with Crippen LogP contribution in [0.25, 0.3) is 0 Å². The summed E-state index contributed by atoms with van der Waals surface area (Å²) in [4.78, 5) is 24.1. The average molecular weight is 380 g/mol. The second-order valence-corrected chi connectivity index (χ2v) is 7.99. The van der Waals surface area contributed by atoms with Gasteiger partial charge in [-0.15, -0.1) is 0 Å². The van der Waals surface area contributed by atoms with Crippen LogP contribution in [0.4, 0.5) is 5.69 Å². The Hall–Kier alpha value is -2.08. The van der Waals surface area contributed by atoms with Crippen LogP contribution in [0, 0.1) is 11.3 Å². The highest BCUT2D eigenvalue weighted by molar-refractivity contribution is 6.40. The third-order valence-electron chi connectivity index (χ3n) is 4.72. The monoisotopic (exact) mass is 379 g/mol. The lowest BCUT2D eigenvalue weighted by Gasteiger charge is -2.34. The predicted molar refractivity (Wildman–Crippen MR) is 104 cm³/mol. The standard InChI is InChI=1S/C19H26ClN3O3/c1-19(2,3)12-5-8-14(9-6-12)22-23-18(25)17(24)21-15-11-13(20)7-10-16(15)26-4/h7,10-12H,5-6,8-9H2,1-4H3,(H,21,24)(H,23,25). The molecule has 0 heterocycles. The number of nitrogens with one attached hydrogen (secondary N) is 2. The third kappa shape index (κ3) is 5.46. The van der Waals surface area contributed by atoms with Gasteiger partial charge in [0.15, 0.2) is 0 Å². The highest BCUT2D eigenvalue weighted by atomic mass is 35.5. The van der Waals surface area contributed by atoms with Gasteiger partial charge in [-0.2, -0.15) is 5.10 Å². The number of nitrogens with zero attached hydrogens (tertiary/aromatic N) is 1. The Labute approximate surface area is 159 Å². The first-order valence-corrected chi connectivity index (χ1v) is 9.09. The molecule has 26 heavy (non-hydrogen) atoms.